The van der Waals surface area contributed by atoms with Crippen molar-refractivity contribution in [3.05, 3.63) is 71.0 Å². The molecule has 2 aliphatic heterocycles. The molecule has 2 aromatic rings. The number of piperidine rings is 1. The van der Waals surface area contributed by atoms with Crippen LogP contribution in [0.3, 0.4) is 0 Å². The zero-order chi connectivity index (χ0) is 25.4. The highest BCUT2D eigenvalue weighted by Gasteiger charge is 2.52. The second kappa shape index (κ2) is 9.60. The molecule has 35 heavy (non-hydrogen) atoms. The van der Waals surface area contributed by atoms with Crippen LogP contribution in [0.4, 0.5) is 17.6 Å². The van der Waals surface area contributed by atoms with Gasteiger partial charge in [0.25, 0.3) is 5.91 Å². The van der Waals surface area contributed by atoms with Crippen molar-refractivity contribution in [3.8, 4) is 0 Å². The molecular formula is C26H29F4N3O2. The lowest BCUT2D eigenvalue weighted by Crippen LogP contribution is -2.59. The third-order valence-electron chi connectivity index (χ3n) is 7.23. The van der Waals surface area contributed by atoms with E-state index in [2.05, 4.69) is 5.32 Å². The van der Waals surface area contributed by atoms with Crippen molar-refractivity contribution >= 4 is 11.8 Å². The Labute approximate surface area is 202 Å². The van der Waals surface area contributed by atoms with E-state index in [1.807, 2.05) is 13.8 Å². The molecule has 0 unspecified atom stereocenters. The average molecular weight is 492 g/mol. The van der Waals surface area contributed by atoms with Crippen molar-refractivity contribution < 1.29 is 27.2 Å². The molecule has 5 nitrogen and oxygen atoms in total. The van der Waals surface area contributed by atoms with E-state index in [1.54, 1.807) is 21.9 Å². The molecule has 0 bridgehead atoms. The maximum Gasteiger partial charge on any atom is 0.416 e. The molecule has 9 heteroatoms. The van der Waals surface area contributed by atoms with Gasteiger partial charge in [-0.2, -0.15) is 13.2 Å². The van der Waals surface area contributed by atoms with Crippen LogP contribution in [0.2, 0.25) is 0 Å². The molecule has 0 aromatic heterocycles. The molecule has 4 rings (SSSR count). The molecule has 2 aromatic carbocycles. The van der Waals surface area contributed by atoms with Crippen LogP contribution < -0.4 is 5.32 Å². The molecule has 2 aliphatic rings. The largest absolute Gasteiger partial charge is 0.416 e. The predicted molar refractivity (Wildman–Crippen MR) is 123 cm³/mol. The lowest BCUT2D eigenvalue weighted by molar-refractivity contribution is -0.137. The highest BCUT2D eigenvalue weighted by atomic mass is 19.4. The summed E-state index contributed by atoms with van der Waals surface area (Å²) in [7, 11) is 0. The van der Waals surface area contributed by atoms with Gasteiger partial charge >= 0.3 is 6.18 Å². The van der Waals surface area contributed by atoms with Crippen LogP contribution in [0.1, 0.15) is 54.6 Å². The van der Waals surface area contributed by atoms with Gasteiger partial charge in [-0.1, -0.05) is 38.5 Å². The molecule has 1 N–H and O–H groups in total. The molecule has 0 radical (unpaired) electrons. The first-order chi connectivity index (χ1) is 16.5. The topological polar surface area (TPSA) is 52.7 Å². The predicted octanol–water partition coefficient (Wildman–Crippen LogP) is 4.82. The van der Waals surface area contributed by atoms with Gasteiger partial charge in [0.15, 0.2) is 0 Å². The van der Waals surface area contributed by atoms with Crippen LogP contribution in [0, 0.1) is 11.7 Å². The van der Waals surface area contributed by atoms with Crippen molar-refractivity contribution in [2.24, 2.45) is 5.92 Å². The van der Waals surface area contributed by atoms with Gasteiger partial charge in [0, 0.05) is 38.0 Å². The van der Waals surface area contributed by atoms with E-state index < -0.39 is 29.3 Å². The molecule has 2 heterocycles. The Kier molecular flexibility index (Phi) is 6.90. The first kappa shape index (κ1) is 25.2. The first-order valence-corrected chi connectivity index (χ1v) is 11.8. The van der Waals surface area contributed by atoms with Crippen LogP contribution in [-0.4, -0.2) is 46.4 Å². The minimum absolute atomic E-state index is 0.0397. The second-order valence-electron chi connectivity index (χ2n) is 9.46. The molecule has 0 saturated carbocycles. The molecule has 2 amide bonds. The van der Waals surface area contributed by atoms with Crippen molar-refractivity contribution in [1.82, 2.24) is 15.1 Å². The van der Waals surface area contributed by atoms with E-state index in [0.717, 1.165) is 18.6 Å². The summed E-state index contributed by atoms with van der Waals surface area (Å²) in [6.07, 6.45) is -2.86. The maximum atomic E-state index is 13.6. The van der Waals surface area contributed by atoms with E-state index in [4.69, 9.17) is 0 Å². The van der Waals surface area contributed by atoms with Gasteiger partial charge in [-0.25, -0.2) is 4.39 Å². The van der Waals surface area contributed by atoms with Crippen molar-refractivity contribution in [1.29, 1.82) is 0 Å². The van der Waals surface area contributed by atoms with Crippen molar-refractivity contribution in [2.45, 2.75) is 57.5 Å². The standard InChI is InChI=1S/C26H29F4N3O2/c1-3-17(2)22-24(35)33(16-18-6-4-8-20(14-18)26(28,29)30)25(31-22)10-12-32(13-11-25)23(34)19-7-5-9-21(27)15-19/h4-9,14-15,17,22,31H,3,10-13,16H2,1-2H3/t17-,22-/m1/s1. The highest BCUT2D eigenvalue weighted by Crippen LogP contribution is 2.37. The molecular weight excluding hydrogens is 462 g/mol. The fourth-order valence-corrected chi connectivity index (χ4v) is 4.99. The van der Waals surface area contributed by atoms with Gasteiger partial charge in [0.2, 0.25) is 5.91 Å². The fraction of sp³-hybridized carbons (Fsp3) is 0.462. The number of nitrogens with zero attached hydrogens (tertiary/aromatic N) is 2. The molecule has 1 spiro atoms. The number of rotatable bonds is 5. The van der Waals surface area contributed by atoms with E-state index in [9.17, 15) is 27.2 Å². The maximum absolute atomic E-state index is 13.6. The van der Waals surface area contributed by atoms with Crippen molar-refractivity contribution in [3.63, 3.8) is 0 Å². The van der Waals surface area contributed by atoms with Gasteiger partial charge in [-0.05, 0) is 41.8 Å². The quantitative estimate of drug-likeness (QED) is 0.610. The SMILES string of the molecule is CC[C@@H](C)[C@H]1NC2(CCN(C(=O)c3cccc(F)c3)CC2)N(Cc2cccc(C(F)(F)F)c2)C1=O. The highest BCUT2D eigenvalue weighted by molar-refractivity contribution is 5.94. The minimum Gasteiger partial charge on any atom is -0.338 e. The zero-order valence-corrected chi connectivity index (χ0v) is 19.7. The third kappa shape index (κ3) is 5.05. The van der Waals surface area contributed by atoms with E-state index in [-0.39, 0.29) is 29.8 Å². The van der Waals surface area contributed by atoms with Gasteiger partial charge in [0.1, 0.15) is 5.82 Å². The Bertz CT molecular complexity index is 1100. The summed E-state index contributed by atoms with van der Waals surface area (Å²) in [6, 6.07) is 10.1. The lowest BCUT2D eigenvalue weighted by atomic mass is 9.94. The summed E-state index contributed by atoms with van der Waals surface area (Å²) >= 11 is 0. The normalized spacial score (nSPS) is 21.0. The van der Waals surface area contributed by atoms with Gasteiger partial charge in [-0.3, -0.25) is 14.9 Å². The zero-order valence-electron chi connectivity index (χ0n) is 19.7. The number of carbonyl (C=O) groups excluding carboxylic acids is 2. The average Bonchev–Trinajstić information content (AvgIpc) is 3.09. The molecule has 0 aliphatic carbocycles. The summed E-state index contributed by atoms with van der Waals surface area (Å²) in [4.78, 5) is 29.6. The van der Waals surface area contributed by atoms with Crippen molar-refractivity contribution in [2.75, 3.05) is 13.1 Å². The van der Waals surface area contributed by atoms with Gasteiger partial charge < -0.3 is 9.80 Å². The van der Waals surface area contributed by atoms with Crippen LogP contribution in [0.15, 0.2) is 48.5 Å². The van der Waals surface area contributed by atoms with E-state index in [0.29, 0.717) is 31.5 Å². The Morgan fingerprint density at radius 2 is 1.83 bits per heavy atom. The Morgan fingerprint density at radius 1 is 1.14 bits per heavy atom. The van der Waals surface area contributed by atoms with E-state index >= 15 is 0 Å². The molecule has 2 fully saturated rings. The van der Waals surface area contributed by atoms with E-state index in [1.165, 1.54) is 24.3 Å². The van der Waals surface area contributed by atoms with Gasteiger partial charge in [0.05, 0.1) is 17.3 Å². The number of hydrogen-bond donors (Lipinski definition) is 1. The number of hydrogen-bond acceptors (Lipinski definition) is 3. The number of carbonyl (C=O) groups is 2. The monoisotopic (exact) mass is 491 g/mol. The summed E-state index contributed by atoms with van der Waals surface area (Å²) in [6.45, 7) is 4.67. The summed E-state index contributed by atoms with van der Waals surface area (Å²) in [5.41, 5.74) is -0.859. The van der Waals surface area contributed by atoms with Gasteiger partial charge in [-0.15, -0.1) is 0 Å². The number of benzene rings is 2. The number of halogens is 4. The van der Waals surface area contributed by atoms with Crippen LogP contribution in [0.5, 0.6) is 0 Å². The fourth-order valence-electron chi connectivity index (χ4n) is 4.99. The Balaban J connectivity index is 1.57. The Hall–Kier alpha value is -2.94. The van der Waals surface area contributed by atoms with Crippen LogP contribution in [-0.2, 0) is 17.5 Å². The third-order valence-corrected chi connectivity index (χ3v) is 7.23. The number of nitrogens with one attached hydrogen (secondary N) is 1. The lowest BCUT2D eigenvalue weighted by Gasteiger charge is -2.45. The smallest absolute Gasteiger partial charge is 0.338 e. The van der Waals surface area contributed by atoms with Crippen LogP contribution >= 0.6 is 0 Å². The minimum atomic E-state index is -4.47. The molecule has 2 atom stereocenters. The first-order valence-electron chi connectivity index (χ1n) is 11.8. The molecule has 188 valence electrons. The van der Waals surface area contributed by atoms with Crippen LogP contribution in [0.25, 0.3) is 0 Å². The summed E-state index contributed by atoms with van der Waals surface area (Å²) < 4.78 is 53.3. The summed E-state index contributed by atoms with van der Waals surface area (Å²) in [5.74, 6) is -0.873. The summed E-state index contributed by atoms with van der Waals surface area (Å²) in [5, 5.41) is 3.49. The number of likely N-dealkylation sites (tertiary alicyclic amines) is 1. The molecule has 2 saturated heterocycles. The Morgan fingerprint density at radius 3 is 2.46 bits per heavy atom. The number of amides is 2. The second-order valence-corrected chi connectivity index (χ2v) is 9.46. The number of alkyl halides is 3.